The number of hydrogen-bond acceptors (Lipinski definition) is 6. The number of rotatable bonds is 3. The number of piperazine rings is 1. The minimum absolute atomic E-state index is 0.170. The maximum Gasteiger partial charge on any atom is 0.245 e. The zero-order chi connectivity index (χ0) is 19.0. The van der Waals surface area contributed by atoms with Crippen molar-refractivity contribution in [3.8, 4) is 0 Å². The average molecular weight is 369 g/mol. The summed E-state index contributed by atoms with van der Waals surface area (Å²) in [6.45, 7) is 3.95. The molecule has 27 heavy (non-hydrogen) atoms. The van der Waals surface area contributed by atoms with Gasteiger partial charge in [0.1, 0.15) is 6.04 Å². The Bertz CT molecular complexity index is 747. The van der Waals surface area contributed by atoms with Gasteiger partial charge in [-0.15, -0.1) is 0 Å². The molecule has 2 saturated heterocycles. The van der Waals surface area contributed by atoms with E-state index in [0.717, 1.165) is 0 Å². The van der Waals surface area contributed by atoms with Gasteiger partial charge in [0.25, 0.3) is 0 Å². The summed E-state index contributed by atoms with van der Waals surface area (Å²) < 4.78 is 0. The van der Waals surface area contributed by atoms with Gasteiger partial charge in [0, 0.05) is 38.6 Å². The number of allylic oxidation sites excluding steroid dienone is 2. The summed E-state index contributed by atoms with van der Waals surface area (Å²) in [6.07, 6.45) is 8.47. The third-order valence-corrected chi connectivity index (χ3v) is 5.71. The number of nitrogens with zero attached hydrogens (tertiary/aromatic N) is 5. The Labute approximate surface area is 157 Å². The van der Waals surface area contributed by atoms with E-state index in [1.807, 2.05) is 17.1 Å². The van der Waals surface area contributed by atoms with E-state index in [4.69, 9.17) is 0 Å². The number of carbonyl (C=O) groups is 3. The molecule has 1 aromatic heterocycles. The second-order valence-electron chi connectivity index (χ2n) is 7.24. The van der Waals surface area contributed by atoms with E-state index in [9.17, 15) is 14.4 Å². The molecule has 0 spiro atoms. The van der Waals surface area contributed by atoms with Crippen LogP contribution in [0.15, 0.2) is 30.6 Å². The Morgan fingerprint density at radius 2 is 1.56 bits per heavy atom. The number of fused-ring (bicyclic) bond motifs is 1. The fraction of sp³-hybridized carbons (Fsp3) is 0.526. The highest BCUT2D eigenvalue weighted by Crippen LogP contribution is 2.36. The van der Waals surface area contributed by atoms with Gasteiger partial charge >= 0.3 is 0 Å². The summed E-state index contributed by atoms with van der Waals surface area (Å²) in [7, 11) is 0. The van der Waals surface area contributed by atoms with Gasteiger partial charge in [-0.05, 0) is 25.8 Å². The van der Waals surface area contributed by atoms with E-state index in [-0.39, 0.29) is 29.6 Å². The molecular formula is C19H23N5O3. The number of amides is 3. The Kier molecular flexibility index (Phi) is 4.63. The first-order valence-electron chi connectivity index (χ1n) is 9.40. The van der Waals surface area contributed by atoms with Crippen molar-refractivity contribution in [2.45, 2.75) is 25.8 Å². The third-order valence-electron chi connectivity index (χ3n) is 5.71. The van der Waals surface area contributed by atoms with Crippen molar-refractivity contribution in [1.29, 1.82) is 0 Å². The van der Waals surface area contributed by atoms with E-state index >= 15 is 0 Å². The molecular weight excluding hydrogens is 346 g/mol. The predicted molar refractivity (Wildman–Crippen MR) is 97.5 cm³/mol. The minimum atomic E-state index is -0.755. The van der Waals surface area contributed by atoms with E-state index in [1.165, 1.54) is 4.90 Å². The van der Waals surface area contributed by atoms with Crippen LogP contribution in [0.1, 0.15) is 19.8 Å². The molecule has 1 aliphatic carbocycles. The Morgan fingerprint density at radius 3 is 2.11 bits per heavy atom. The monoisotopic (exact) mass is 369 g/mol. The van der Waals surface area contributed by atoms with E-state index < -0.39 is 6.04 Å². The lowest BCUT2D eigenvalue weighted by molar-refractivity contribution is -0.151. The fourth-order valence-corrected chi connectivity index (χ4v) is 4.16. The van der Waals surface area contributed by atoms with Crippen molar-refractivity contribution in [2.75, 3.05) is 31.1 Å². The molecule has 2 fully saturated rings. The molecule has 3 amide bonds. The molecule has 3 heterocycles. The molecule has 3 unspecified atom stereocenters. The van der Waals surface area contributed by atoms with E-state index in [0.29, 0.717) is 45.0 Å². The van der Waals surface area contributed by atoms with Crippen LogP contribution in [0.4, 0.5) is 5.95 Å². The van der Waals surface area contributed by atoms with Crippen molar-refractivity contribution in [2.24, 2.45) is 11.8 Å². The second-order valence-corrected chi connectivity index (χ2v) is 7.24. The summed E-state index contributed by atoms with van der Waals surface area (Å²) in [5.74, 6) is -0.524. The molecule has 0 aromatic carbocycles. The van der Waals surface area contributed by atoms with Crippen LogP contribution in [0, 0.1) is 11.8 Å². The van der Waals surface area contributed by atoms with Crippen LogP contribution in [-0.2, 0) is 14.4 Å². The van der Waals surface area contributed by atoms with Gasteiger partial charge in [0.15, 0.2) is 0 Å². The normalized spacial score (nSPS) is 26.3. The highest BCUT2D eigenvalue weighted by atomic mass is 16.2. The Hall–Kier alpha value is -2.77. The third kappa shape index (κ3) is 3.09. The molecule has 2 aliphatic heterocycles. The van der Waals surface area contributed by atoms with Gasteiger partial charge in [0.2, 0.25) is 23.7 Å². The van der Waals surface area contributed by atoms with Crippen molar-refractivity contribution < 1.29 is 14.4 Å². The fourth-order valence-electron chi connectivity index (χ4n) is 4.16. The predicted octanol–water partition coefficient (Wildman–Crippen LogP) is 0.465. The van der Waals surface area contributed by atoms with Crippen molar-refractivity contribution in [3.63, 3.8) is 0 Å². The van der Waals surface area contributed by atoms with Gasteiger partial charge in [-0.25, -0.2) is 9.97 Å². The average Bonchev–Trinajstić information content (AvgIpc) is 2.98. The molecule has 8 heteroatoms. The molecule has 0 bridgehead atoms. The molecule has 0 saturated carbocycles. The Balaban J connectivity index is 1.40. The molecule has 8 nitrogen and oxygen atoms in total. The van der Waals surface area contributed by atoms with Gasteiger partial charge in [-0.1, -0.05) is 12.2 Å². The lowest BCUT2D eigenvalue weighted by Gasteiger charge is -2.37. The van der Waals surface area contributed by atoms with Gasteiger partial charge in [-0.3, -0.25) is 19.3 Å². The van der Waals surface area contributed by atoms with Crippen LogP contribution < -0.4 is 4.90 Å². The second kappa shape index (κ2) is 7.09. The number of imide groups is 1. The number of aromatic nitrogens is 2. The number of hydrogen-bond donors (Lipinski definition) is 0. The number of carbonyl (C=O) groups excluding carboxylic acids is 3. The summed E-state index contributed by atoms with van der Waals surface area (Å²) in [6, 6.07) is 1.01. The van der Waals surface area contributed by atoms with Gasteiger partial charge in [0.05, 0.1) is 11.8 Å². The van der Waals surface area contributed by atoms with Crippen molar-refractivity contribution in [1.82, 2.24) is 19.8 Å². The SMILES string of the molecule is CC(C(=O)N1CCN(c2ncccn2)CC1)N1C(=O)C2CC=CCC2C1=O. The molecule has 0 N–H and O–H groups in total. The van der Waals surface area contributed by atoms with E-state index in [2.05, 4.69) is 9.97 Å². The lowest BCUT2D eigenvalue weighted by Crippen LogP contribution is -2.55. The molecule has 142 valence electrons. The van der Waals surface area contributed by atoms with Crippen molar-refractivity contribution in [3.05, 3.63) is 30.6 Å². The maximum atomic E-state index is 12.9. The maximum absolute atomic E-state index is 12.9. The van der Waals surface area contributed by atoms with Gasteiger partial charge < -0.3 is 9.80 Å². The van der Waals surface area contributed by atoms with E-state index in [1.54, 1.807) is 30.3 Å². The van der Waals surface area contributed by atoms with Crippen LogP contribution in [0.25, 0.3) is 0 Å². The largest absolute Gasteiger partial charge is 0.337 e. The smallest absolute Gasteiger partial charge is 0.245 e. The van der Waals surface area contributed by atoms with Crippen LogP contribution in [-0.4, -0.2) is 69.7 Å². The summed E-state index contributed by atoms with van der Waals surface area (Å²) in [5.41, 5.74) is 0. The van der Waals surface area contributed by atoms with Crippen LogP contribution in [0.2, 0.25) is 0 Å². The van der Waals surface area contributed by atoms with Crippen molar-refractivity contribution >= 4 is 23.7 Å². The number of anilines is 1. The Morgan fingerprint density at radius 1 is 1.00 bits per heavy atom. The molecule has 0 radical (unpaired) electrons. The van der Waals surface area contributed by atoms with Crippen LogP contribution >= 0.6 is 0 Å². The van der Waals surface area contributed by atoms with Crippen LogP contribution in [0.3, 0.4) is 0 Å². The highest BCUT2D eigenvalue weighted by Gasteiger charge is 2.50. The van der Waals surface area contributed by atoms with Gasteiger partial charge in [-0.2, -0.15) is 0 Å². The highest BCUT2D eigenvalue weighted by molar-refractivity contribution is 6.08. The lowest BCUT2D eigenvalue weighted by atomic mass is 9.85. The minimum Gasteiger partial charge on any atom is -0.337 e. The topological polar surface area (TPSA) is 86.7 Å². The molecule has 3 atom stereocenters. The first-order chi connectivity index (χ1) is 13.1. The molecule has 4 rings (SSSR count). The summed E-state index contributed by atoms with van der Waals surface area (Å²) in [4.78, 5) is 51.8. The van der Waals surface area contributed by atoms with Crippen LogP contribution in [0.5, 0.6) is 0 Å². The molecule has 3 aliphatic rings. The molecule has 1 aromatic rings. The number of likely N-dealkylation sites (tertiary alicyclic amines) is 1. The zero-order valence-electron chi connectivity index (χ0n) is 15.3. The standard InChI is InChI=1S/C19H23N5O3/c1-13(24-17(26)14-5-2-3-6-15(14)18(24)27)16(25)22-9-11-23(12-10-22)19-20-7-4-8-21-19/h2-4,7-8,13-15H,5-6,9-12H2,1H3. The zero-order valence-corrected chi connectivity index (χ0v) is 15.3. The summed E-state index contributed by atoms with van der Waals surface area (Å²) in [5, 5.41) is 0. The quantitative estimate of drug-likeness (QED) is 0.568. The first kappa shape index (κ1) is 17.6. The first-order valence-corrected chi connectivity index (χ1v) is 9.40. The summed E-state index contributed by atoms with van der Waals surface area (Å²) >= 11 is 0.